The predicted molar refractivity (Wildman–Crippen MR) is 147 cm³/mol. The lowest BCUT2D eigenvalue weighted by Gasteiger charge is -2.26. The van der Waals surface area contributed by atoms with E-state index in [0.29, 0.717) is 11.1 Å². The Bertz CT molecular complexity index is 1640. The van der Waals surface area contributed by atoms with E-state index in [1.165, 1.54) is 61.7 Å². The van der Waals surface area contributed by atoms with Gasteiger partial charge in [-0.1, -0.05) is 47.5 Å². The van der Waals surface area contributed by atoms with Crippen LogP contribution in [0, 0.1) is 0 Å². The third-order valence-corrected chi connectivity index (χ3v) is 7.51. The quantitative estimate of drug-likeness (QED) is 0.167. The summed E-state index contributed by atoms with van der Waals surface area (Å²) in [5.74, 6) is -1.87. The van der Waals surface area contributed by atoms with E-state index in [1.54, 1.807) is 18.2 Å². The fraction of sp³-hybridized carbons (Fsp3) is 0.0741. The number of carbonyl (C=O) groups excluding carboxylic acids is 3. The molecule has 1 heterocycles. The van der Waals surface area contributed by atoms with Crippen molar-refractivity contribution in [1.82, 2.24) is 5.32 Å². The van der Waals surface area contributed by atoms with Crippen molar-refractivity contribution in [3.8, 4) is 11.5 Å². The number of rotatable bonds is 8. The largest absolute Gasteiger partial charge is 0.493 e. The molecule has 0 aliphatic carbocycles. The molecule has 0 saturated carbocycles. The molecule has 1 aliphatic rings. The van der Waals surface area contributed by atoms with Crippen LogP contribution in [0.25, 0.3) is 6.08 Å². The minimum Gasteiger partial charge on any atom is -0.493 e. The van der Waals surface area contributed by atoms with Crippen molar-refractivity contribution < 1.29 is 31.7 Å². The first-order valence-electron chi connectivity index (χ1n) is 11.2. The van der Waals surface area contributed by atoms with Crippen molar-refractivity contribution in [2.24, 2.45) is 0 Å². The van der Waals surface area contributed by atoms with Gasteiger partial charge in [0.2, 0.25) is 0 Å². The standard InChI is InChI=1S/C27H20Cl2N2O7S/c1-3-7-17-12-16(14-23(37-2)24(17)38-39(35,36)19-8-5-4-6-9-19)13-20-25(32)30-27(34)31(26(20)33)18-10-11-21(28)22(29)15-18/h3-6,8-15H,1,7H2,2H3,(H,30,32,34)/b20-13+. The zero-order valence-electron chi connectivity index (χ0n) is 20.3. The number of methoxy groups -OCH3 is 1. The number of allylic oxidation sites excluding steroid dienone is 1. The Morgan fingerprint density at radius 1 is 1.00 bits per heavy atom. The maximum Gasteiger partial charge on any atom is 0.339 e. The first kappa shape index (κ1) is 27.9. The average Bonchev–Trinajstić information content (AvgIpc) is 2.90. The molecule has 0 atom stereocenters. The molecule has 3 aromatic rings. The van der Waals surface area contributed by atoms with Crippen molar-refractivity contribution in [2.75, 3.05) is 12.0 Å². The first-order valence-corrected chi connectivity index (χ1v) is 13.4. The summed E-state index contributed by atoms with van der Waals surface area (Å²) in [7, 11) is -2.89. The minimum absolute atomic E-state index is 0.0294. The van der Waals surface area contributed by atoms with Gasteiger partial charge in [0.1, 0.15) is 10.5 Å². The van der Waals surface area contributed by atoms with Gasteiger partial charge < -0.3 is 8.92 Å². The van der Waals surface area contributed by atoms with Gasteiger partial charge in [0, 0.05) is 5.56 Å². The zero-order valence-corrected chi connectivity index (χ0v) is 22.6. The van der Waals surface area contributed by atoms with Crippen LogP contribution in [0.15, 0.2) is 83.8 Å². The fourth-order valence-corrected chi connectivity index (χ4v) is 5.04. The van der Waals surface area contributed by atoms with E-state index in [2.05, 4.69) is 11.9 Å². The molecule has 12 heteroatoms. The molecule has 39 heavy (non-hydrogen) atoms. The Hall–Kier alpha value is -4.12. The summed E-state index contributed by atoms with van der Waals surface area (Å²) in [6.07, 6.45) is 2.94. The molecule has 0 aromatic heterocycles. The summed E-state index contributed by atoms with van der Waals surface area (Å²) < 4.78 is 36.6. The Morgan fingerprint density at radius 3 is 2.36 bits per heavy atom. The van der Waals surface area contributed by atoms with Gasteiger partial charge in [0.15, 0.2) is 11.5 Å². The number of hydrogen-bond donors (Lipinski definition) is 1. The lowest BCUT2D eigenvalue weighted by Crippen LogP contribution is -2.54. The summed E-state index contributed by atoms with van der Waals surface area (Å²) in [6.45, 7) is 3.70. The second-order valence-corrected chi connectivity index (χ2v) is 10.5. The molecule has 1 saturated heterocycles. The Labute approximate surface area is 234 Å². The van der Waals surface area contributed by atoms with E-state index in [4.69, 9.17) is 32.1 Å². The van der Waals surface area contributed by atoms with Gasteiger partial charge >= 0.3 is 16.1 Å². The molecule has 4 rings (SSSR count). The lowest BCUT2D eigenvalue weighted by atomic mass is 10.0. The van der Waals surface area contributed by atoms with Gasteiger partial charge in [-0.25, -0.2) is 9.69 Å². The summed E-state index contributed by atoms with van der Waals surface area (Å²) in [5, 5.41) is 2.45. The highest BCUT2D eigenvalue weighted by atomic mass is 35.5. The molecule has 9 nitrogen and oxygen atoms in total. The van der Waals surface area contributed by atoms with Crippen LogP contribution in [0.4, 0.5) is 10.5 Å². The second kappa shape index (κ2) is 11.3. The molecule has 0 radical (unpaired) electrons. The zero-order chi connectivity index (χ0) is 28.3. The van der Waals surface area contributed by atoms with Gasteiger partial charge in [0.25, 0.3) is 11.8 Å². The van der Waals surface area contributed by atoms with Crippen molar-refractivity contribution in [1.29, 1.82) is 0 Å². The first-order chi connectivity index (χ1) is 18.6. The summed E-state index contributed by atoms with van der Waals surface area (Å²) in [4.78, 5) is 39.1. The highest BCUT2D eigenvalue weighted by Gasteiger charge is 2.37. The number of barbiturate groups is 1. The maximum atomic E-state index is 13.3. The van der Waals surface area contributed by atoms with Crippen LogP contribution in [0.2, 0.25) is 10.0 Å². The highest BCUT2D eigenvalue weighted by Crippen LogP contribution is 2.37. The van der Waals surface area contributed by atoms with Crippen LogP contribution in [0.5, 0.6) is 11.5 Å². The number of anilines is 1. The van der Waals surface area contributed by atoms with Crippen molar-refractivity contribution in [3.05, 3.63) is 100 Å². The fourth-order valence-electron chi connectivity index (χ4n) is 3.75. The van der Waals surface area contributed by atoms with E-state index in [9.17, 15) is 22.8 Å². The van der Waals surface area contributed by atoms with Gasteiger partial charge in [-0.05, 0) is 60.5 Å². The minimum atomic E-state index is -4.21. The van der Waals surface area contributed by atoms with E-state index < -0.39 is 28.0 Å². The normalized spacial score (nSPS) is 14.8. The number of nitrogens with one attached hydrogen (secondary N) is 1. The molecule has 1 N–H and O–H groups in total. The number of amides is 4. The van der Waals surface area contributed by atoms with Crippen LogP contribution in [-0.4, -0.2) is 33.4 Å². The molecule has 0 unspecified atom stereocenters. The molecule has 0 bridgehead atoms. The Balaban J connectivity index is 1.77. The monoisotopic (exact) mass is 586 g/mol. The van der Waals surface area contributed by atoms with Crippen molar-refractivity contribution >= 4 is 62.9 Å². The second-order valence-electron chi connectivity index (χ2n) is 8.11. The molecular formula is C27H20Cl2N2O7S. The number of ether oxygens (including phenoxy) is 1. The molecule has 1 aliphatic heterocycles. The van der Waals surface area contributed by atoms with Crippen molar-refractivity contribution in [3.63, 3.8) is 0 Å². The SMILES string of the molecule is C=CCc1cc(/C=C2\C(=O)NC(=O)N(c3ccc(Cl)c(Cl)c3)C2=O)cc(OC)c1OS(=O)(=O)c1ccccc1. The van der Waals surface area contributed by atoms with Crippen LogP contribution in [-0.2, 0) is 26.1 Å². The smallest absolute Gasteiger partial charge is 0.339 e. The number of nitrogens with zero attached hydrogens (tertiary/aromatic N) is 1. The van der Waals surface area contributed by atoms with Gasteiger partial charge in [-0.15, -0.1) is 6.58 Å². The summed E-state index contributed by atoms with van der Waals surface area (Å²) >= 11 is 12.0. The summed E-state index contributed by atoms with van der Waals surface area (Å²) in [5.41, 5.74) is 0.398. The van der Waals surface area contributed by atoms with Crippen LogP contribution >= 0.6 is 23.2 Å². The Morgan fingerprint density at radius 2 is 1.72 bits per heavy atom. The number of benzene rings is 3. The van der Waals surface area contributed by atoms with E-state index in [-0.39, 0.29) is 44.1 Å². The van der Waals surface area contributed by atoms with E-state index in [1.807, 2.05) is 0 Å². The van der Waals surface area contributed by atoms with E-state index >= 15 is 0 Å². The molecule has 3 aromatic carbocycles. The number of carbonyl (C=O) groups is 3. The van der Waals surface area contributed by atoms with Crippen LogP contribution in [0.3, 0.4) is 0 Å². The van der Waals surface area contributed by atoms with Gasteiger partial charge in [-0.3, -0.25) is 14.9 Å². The average molecular weight is 587 g/mol. The van der Waals surface area contributed by atoms with Gasteiger partial charge in [-0.2, -0.15) is 8.42 Å². The highest BCUT2D eigenvalue weighted by molar-refractivity contribution is 7.87. The molecular weight excluding hydrogens is 567 g/mol. The summed E-state index contributed by atoms with van der Waals surface area (Å²) in [6, 6.07) is 13.7. The van der Waals surface area contributed by atoms with Crippen LogP contribution in [0.1, 0.15) is 11.1 Å². The number of imide groups is 2. The van der Waals surface area contributed by atoms with Crippen LogP contribution < -0.4 is 19.1 Å². The third-order valence-electron chi connectivity index (χ3n) is 5.54. The maximum absolute atomic E-state index is 13.3. The number of urea groups is 1. The predicted octanol–water partition coefficient (Wildman–Crippen LogP) is 5.16. The number of halogens is 2. The third kappa shape index (κ3) is 5.83. The van der Waals surface area contributed by atoms with E-state index in [0.717, 1.165) is 4.90 Å². The molecule has 200 valence electrons. The molecule has 4 amide bonds. The van der Waals surface area contributed by atoms with Crippen molar-refractivity contribution in [2.45, 2.75) is 11.3 Å². The van der Waals surface area contributed by atoms with Gasteiger partial charge in [0.05, 0.1) is 22.8 Å². The number of hydrogen-bond acceptors (Lipinski definition) is 7. The Kier molecular flexibility index (Phi) is 8.10. The molecule has 0 spiro atoms. The lowest BCUT2D eigenvalue weighted by molar-refractivity contribution is -0.122. The molecule has 1 fully saturated rings. The topological polar surface area (TPSA) is 119 Å².